The van der Waals surface area contributed by atoms with Gasteiger partial charge in [0.15, 0.2) is 0 Å². The second kappa shape index (κ2) is 4.69. The van der Waals surface area contributed by atoms with Crippen molar-refractivity contribution in [1.29, 1.82) is 0 Å². The van der Waals surface area contributed by atoms with Crippen LogP contribution in [-0.2, 0) is 0 Å². The minimum atomic E-state index is 0.412. The highest BCUT2D eigenvalue weighted by atomic mass is 32.2. The van der Waals surface area contributed by atoms with Crippen LogP contribution in [0.5, 0.6) is 0 Å². The van der Waals surface area contributed by atoms with Crippen LogP contribution in [0.1, 0.15) is 42.5 Å². The minimum Gasteiger partial charge on any atom is -0.384 e. The van der Waals surface area contributed by atoms with E-state index in [1.807, 2.05) is 29.6 Å². The second-order valence-corrected chi connectivity index (χ2v) is 7.45. The van der Waals surface area contributed by atoms with Crippen molar-refractivity contribution in [2.45, 2.75) is 36.2 Å². The summed E-state index contributed by atoms with van der Waals surface area (Å²) in [4.78, 5) is 9.20. The van der Waals surface area contributed by atoms with Gasteiger partial charge in [-0.05, 0) is 12.8 Å². The van der Waals surface area contributed by atoms with Crippen molar-refractivity contribution in [3.8, 4) is 0 Å². The van der Waals surface area contributed by atoms with Gasteiger partial charge in [0.1, 0.15) is 11.6 Å². The number of anilines is 1. The quantitative estimate of drug-likeness (QED) is 0.893. The lowest BCUT2D eigenvalue weighted by molar-refractivity contribution is 0.805. The summed E-state index contributed by atoms with van der Waals surface area (Å²) in [6.07, 6.45) is 2.52. The normalized spacial score (nSPS) is 29.2. The molecule has 0 aromatic carbocycles. The molecule has 0 spiro atoms. The van der Waals surface area contributed by atoms with Gasteiger partial charge >= 0.3 is 0 Å². The molecule has 0 radical (unpaired) electrons. The molecular weight excluding hydrogens is 250 g/mol. The third-order valence-electron chi connectivity index (χ3n) is 3.22. The fourth-order valence-electron chi connectivity index (χ4n) is 2.14. The molecule has 2 atom stereocenters. The van der Waals surface area contributed by atoms with E-state index < -0.39 is 0 Å². The lowest BCUT2D eigenvalue weighted by Gasteiger charge is -2.26. The largest absolute Gasteiger partial charge is 0.384 e. The lowest BCUT2D eigenvalue weighted by Crippen LogP contribution is -2.19. The predicted molar refractivity (Wildman–Crippen MR) is 75.5 cm³/mol. The smallest absolute Gasteiger partial charge is 0.145 e. The average Bonchev–Trinajstić information content (AvgIpc) is 3.12. The number of nitrogens with zero attached hydrogens (tertiary/aromatic N) is 2. The van der Waals surface area contributed by atoms with E-state index in [0.29, 0.717) is 22.2 Å². The first-order valence-corrected chi connectivity index (χ1v) is 8.21. The monoisotopic (exact) mass is 267 g/mol. The molecule has 3 nitrogen and oxygen atoms in total. The maximum absolute atomic E-state index is 5.91. The van der Waals surface area contributed by atoms with Crippen molar-refractivity contribution in [3.63, 3.8) is 0 Å². The van der Waals surface area contributed by atoms with Crippen molar-refractivity contribution < 1.29 is 0 Å². The van der Waals surface area contributed by atoms with Crippen LogP contribution in [0.15, 0.2) is 6.07 Å². The molecule has 2 unspecified atom stereocenters. The molecule has 2 fully saturated rings. The van der Waals surface area contributed by atoms with Gasteiger partial charge in [0.2, 0.25) is 0 Å². The van der Waals surface area contributed by atoms with Gasteiger partial charge in [0.05, 0.1) is 5.25 Å². The number of aromatic nitrogens is 2. The van der Waals surface area contributed by atoms with Gasteiger partial charge in [0, 0.05) is 34.4 Å². The number of nitrogen functional groups attached to an aromatic ring is 1. The van der Waals surface area contributed by atoms with Gasteiger partial charge < -0.3 is 5.73 Å². The van der Waals surface area contributed by atoms with Gasteiger partial charge in [0.25, 0.3) is 0 Å². The summed E-state index contributed by atoms with van der Waals surface area (Å²) in [5, 5.41) is 0.998. The van der Waals surface area contributed by atoms with E-state index in [2.05, 4.69) is 11.9 Å². The second-order valence-electron chi connectivity index (χ2n) is 4.72. The van der Waals surface area contributed by atoms with Crippen molar-refractivity contribution in [3.05, 3.63) is 17.6 Å². The standard InChI is InChI=1S/C12H17N3S2/c1-7-11(17-5-4-16-7)12-14-9(8-2-3-8)6-10(13)15-12/h6-8,11H,2-5H2,1H3,(H2,13,14,15). The molecule has 17 heavy (non-hydrogen) atoms. The fourth-order valence-corrected chi connectivity index (χ4v) is 4.83. The molecule has 2 heterocycles. The summed E-state index contributed by atoms with van der Waals surface area (Å²) in [5.41, 5.74) is 7.07. The molecule has 2 aliphatic rings. The first kappa shape index (κ1) is 11.7. The van der Waals surface area contributed by atoms with Crippen molar-refractivity contribution in [2.24, 2.45) is 0 Å². The van der Waals surface area contributed by atoms with Crippen molar-refractivity contribution in [2.75, 3.05) is 17.2 Å². The molecule has 1 saturated heterocycles. The van der Waals surface area contributed by atoms with E-state index >= 15 is 0 Å². The predicted octanol–water partition coefficient (Wildman–Crippen LogP) is 2.85. The summed E-state index contributed by atoms with van der Waals surface area (Å²) in [6, 6.07) is 1.95. The highest BCUT2D eigenvalue weighted by molar-refractivity contribution is 8.06. The number of rotatable bonds is 2. The summed E-state index contributed by atoms with van der Waals surface area (Å²) in [6.45, 7) is 2.27. The van der Waals surface area contributed by atoms with E-state index in [4.69, 9.17) is 10.7 Å². The maximum Gasteiger partial charge on any atom is 0.145 e. The molecule has 1 aromatic rings. The Labute approximate surface area is 110 Å². The SMILES string of the molecule is CC1SCCSC1c1nc(N)cc(C2CC2)n1. The third kappa shape index (κ3) is 2.55. The molecule has 0 bridgehead atoms. The van der Waals surface area contributed by atoms with Gasteiger partial charge in [-0.25, -0.2) is 9.97 Å². The molecule has 2 N–H and O–H groups in total. The summed E-state index contributed by atoms with van der Waals surface area (Å²) in [7, 11) is 0. The number of hydrogen-bond acceptors (Lipinski definition) is 5. The Morgan fingerprint density at radius 2 is 2.00 bits per heavy atom. The molecule has 1 aromatic heterocycles. The summed E-state index contributed by atoms with van der Waals surface area (Å²) >= 11 is 3.99. The molecule has 1 saturated carbocycles. The van der Waals surface area contributed by atoms with Crippen LogP contribution in [0.3, 0.4) is 0 Å². The fraction of sp³-hybridized carbons (Fsp3) is 0.667. The molecular formula is C12H17N3S2. The number of hydrogen-bond donors (Lipinski definition) is 1. The average molecular weight is 267 g/mol. The first-order valence-electron chi connectivity index (χ1n) is 6.11. The van der Waals surface area contributed by atoms with Gasteiger partial charge in [-0.3, -0.25) is 0 Å². The van der Waals surface area contributed by atoms with Crippen LogP contribution in [0, 0.1) is 0 Å². The topological polar surface area (TPSA) is 51.8 Å². The third-order valence-corrected chi connectivity index (χ3v) is 6.31. The Bertz CT molecular complexity index is 420. The molecule has 1 aliphatic heterocycles. The molecule has 1 aliphatic carbocycles. The van der Waals surface area contributed by atoms with Crippen LogP contribution >= 0.6 is 23.5 Å². The van der Waals surface area contributed by atoms with E-state index in [0.717, 1.165) is 11.5 Å². The molecule has 5 heteroatoms. The summed E-state index contributed by atoms with van der Waals surface area (Å²) < 4.78 is 0. The number of thioether (sulfide) groups is 2. The van der Waals surface area contributed by atoms with Crippen LogP contribution in [0.2, 0.25) is 0 Å². The molecule has 92 valence electrons. The Morgan fingerprint density at radius 3 is 2.71 bits per heavy atom. The molecule has 3 rings (SSSR count). The maximum atomic E-state index is 5.91. The Hall–Kier alpha value is -0.420. The number of nitrogens with two attached hydrogens (primary N) is 1. The van der Waals surface area contributed by atoms with Crippen molar-refractivity contribution >= 4 is 29.3 Å². The minimum absolute atomic E-state index is 0.412. The Balaban J connectivity index is 1.90. The van der Waals surface area contributed by atoms with Gasteiger partial charge in [-0.2, -0.15) is 11.8 Å². The zero-order valence-electron chi connectivity index (χ0n) is 9.93. The zero-order valence-corrected chi connectivity index (χ0v) is 11.6. The van der Waals surface area contributed by atoms with Crippen LogP contribution in [-0.4, -0.2) is 26.7 Å². The Kier molecular flexibility index (Phi) is 3.21. The Morgan fingerprint density at radius 1 is 1.24 bits per heavy atom. The molecule has 0 amide bonds. The lowest BCUT2D eigenvalue weighted by atomic mass is 10.2. The van der Waals surface area contributed by atoms with Crippen LogP contribution in [0.25, 0.3) is 0 Å². The zero-order chi connectivity index (χ0) is 11.8. The van der Waals surface area contributed by atoms with Gasteiger partial charge in [-0.15, -0.1) is 11.8 Å². The van der Waals surface area contributed by atoms with Crippen molar-refractivity contribution in [1.82, 2.24) is 9.97 Å². The summed E-state index contributed by atoms with van der Waals surface area (Å²) in [5.74, 6) is 4.67. The van der Waals surface area contributed by atoms with Crippen LogP contribution < -0.4 is 5.73 Å². The van der Waals surface area contributed by atoms with E-state index in [1.54, 1.807) is 0 Å². The first-order chi connectivity index (χ1) is 8.24. The highest BCUT2D eigenvalue weighted by Gasteiger charge is 2.30. The van der Waals surface area contributed by atoms with Gasteiger partial charge in [-0.1, -0.05) is 6.92 Å². The van der Waals surface area contributed by atoms with Crippen LogP contribution in [0.4, 0.5) is 5.82 Å². The van der Waals surface area contributed by atoms with E-state index in [-0.39, 0.29) is 0 Å². The van der Waals surface area contributed by atoms with E-state index in [9.17, 15) is 0 Å². The van der Waals surface area contributed by atoms with E-state index in [1.165, 1.54) is 24.3 Å². The highest BCUT2D eigenvalue weighted by Crippen LogP contribution is 2.43.